The molecule has 1 N–H and O–H groups in total. The van der Waals surface area contributed by atoms with Gasteiger partial charge in [-0.15, -0.1) is 0 Å². The smallest absolute Gasteiger partial charge is 0.237 e. The van der Waals surface area contributed by atoms with Gasteiger partial charge in [0.25, 0.3) is 0 Å². The van der Waals surface area contributed by atoms with Crippen LogP contribution in [0.25, 0.3) is 0 Å². The van der Waals surface area contributed by atoms with Crippen molar-refractivity contribution < 1.29 is 4.74 Å². The Labute approximate surface area is 120 Å². The van der Waals surface area contributed by atoms with E-state index in [0.717, 1.165) is 11.3 Å². The van der Waals surface area contributed by atoms with Gasteiger partial charge in [-0.2, -0.15) is 0 Å². The van der Waals surface area contributed by atoms with Crippen molar-refractivity contribution in [2.75, 3.05) is 14.2 Å². The summed E-state index contributed by atoms with van der Waals surface area (Å²) < 4.78 is 6.46. The van der Waals surface area contributed by atoms with Gasteiger partial charge in [0.15, 0.2) is 0 Å². The van der Waals surface area contributed by atoms with Crippen LogP contribution in [-0.2, 0) is 0 Å². The van der Waals surface area contributed by atoms with E-state index in [1.165, 1.54) is 3.57 Å². The van der Waals surface area contributed by atoms with Crippen molar-refractivity contribution in [1.29, 1.82) is 0 Å². The lowest BCUT2D eigenvalue weighted by Gasteiger charge is -2.17. The van der Waals surface area contributed by atoms with E-state index in [0.29, 0.717) is 5.88 Å². The summed E-state index contributed by atoms with van der Waals surface area (Å²) in [5.41, 5.74) is 1.93. The Morgan fingerprint density at radius 1 is 1.17 bits per heavy atom. The number of hydrogen-bond donors (Lipinski definition) is 1. The van der Waals surface area contributed by atoms with Gasteiger partial charge in [-0.05, 0) is 47.3 Å². The minimum atomic E-state index is -0.0225. The van der Waals surface area contributed by atoms with Crippen LogP contribution in [0.5, 0.6) is 5.88 Å². The number of aromatic nitrogens is 2. The van der Waals surface area contributed by atoms with E-state index in [-0.39, 0.29) is 6.04 Å². The molecule has 1 aromatic heterocycles. The molecule has 2 aromatic rings. The summed E-state index contributed by atoms with van der Waals surface area (Å²) in [4.78, 5) is 8.55. The highest BCUT2D eigenvalue weighted by Crippen LogP contribution is 2.26. The van der Waals surface area contributed by atoms with E-state index in [1.54, 1.807) is 19.5 Å². The quantitative estimate of drug-likeness (QED) is 0.856. The molecule has 0 aliphatic heterocycles. The van der Waals surface area contributed by atoms with E-state index in [4.69, 9.17) is 4.74 Å². The zero-order valence-corrected chi connectivity index (χ0v) is 12.4. The molecular weight excluding hydrogens is 341 g/mol. The Kier molecular flexibility index (Phi) is 4.48. The molecule has 94 valence electrons. The van der Waals surface area contributed by atoms with Crippen molar-refractivity contribution >= 4 is 22.6 Å². The molecule has 0 aliphatic carbocycles. The van der Waals surface area contributed by atoms with Crippen LogP contribution in [0.15, 0.2) is 36.7 Å². The Morgan fingerprint density at radius 3 is 2.44 bits per heavy atom. The molecule has 0 saturated carbocycles. The third-order valence-electron chi connectivity index (χ3n) is 2.65. The van der Waals surface area contributed by atoms with Gasteiger partial charge in [0.2, 0.25) is 5.88 Å². The van der Waals surface area contributed by atoms with Crippen LogP contribution < -0.4 is 10.1 Å². The third-order valence-corrected chi connectivity index (χ3v) is 3.37. The fourth-order valence-electron chi connectivity index (χ4n) is 1.81. The molecule has 2 rings (SSSR count). The fraction of sp³-hybridized carbons (Fsp3) is 0.231. The first-order valence-electron chi connectivity index (χ1n) is 5.54. The number of nitrogens with one attached hydrogen (secondary N) is 1. The lowest BCUT2D eigenvalue weighted by atomic mass is 10.0. The second-order valence-corrected chi connectivity index (χ2v) is 4.97. The second-order valence-electron chi connectivity index (χ2n) is 3.72. The van der Waals surface area contributed by atoms with Crippen molar-refractivity contribution in [2.24, 2.45) is 0 Å². The van der Waals surface area contributed by atoms with E-state index in [1.807, 2.05) is 7.05 Å². The minimum Gasteiger partial charge on any atom is -0.480 e. The van der Waals surface area contributed by atoms with Crippen LogP contribution in [0, 0.1) is 3.57 Å². The SMILES string of the molecule is CNC(c1ccc(I)cc1)c1nccnc1OC. The molecule has 4 nitrogen and oxygen atoms in total. The predicted molar refractivity (Wildman–Crippen MR) is 78.6 cm³/mol. The van der Waals surface area contributed by atoms with Crippen LogP contribution >= 0.6 is 22.6 Å². The van der Waals surface area contributed by atoms with Crippen molar-refractivity contribution in [3.05, 3.63) is 51.5 Å². The normalized spacial score (nSPS) is 12.2. The predicted octanol–water partition coefficient (Wildman–Crippen LogP) is 2.40. The average Bonchev–Trinajstić information content (AvgIpc) is 2.42. The Balaban J connectivity index is 2.41. The average molecular weight is 355 g/mol. The van der Waals surface area contributed by atoms with Gasteiger partial charge < -0.3 is 10.1 Å². The molecule has 0 bridgehead atoms. The number of nitrogens with zero attached hydrogens (tertiary/aromatic N) is 2. The summed E-state index contributed by atoms with van der Waals surface area (Å²) >= 11 is 2.29. The maximum atomic E-state index is 5.26. The highest BCUT2D eigenvalue weighted by atomic mass is 127. The minimum absolute atomic E-state index is 0.0225. The highest BCUT2D eigenvalue weighted by molar-refractivity contribution is 14.1. The van der Waals surface area contributed by atoms with Crippen LogP contribution in [0.3, 0.4) is 0 Å². The zero-order valence-electron chi connectivity index (χ0n) is 10.2. The van der Waals surface area contributed by atoms with Gasteiger partial charge in [-0.3, -0.25) is 4.98 Å². The molecule has 0 aliphatic rings. The van der Waals surface area contributed by atoms with Crippen molar-refractivity contribution in [3.63, 3.8) is 0 Å². The molecule has 0 fully saturated rings. The van der Waals surface area contributed by atoms with E-state index in [2.05, 4.69) is 62.1 Å². The van der Waals surface area contributed by atoms with Crippen molar-refractivity contribution in [2.45, 2.75) is 6.04 Å². The molecule has 18 heavy (non-hydrogen) atoms. The van der Waals surface area contributed by atoms with Gasteiger partial charge >= 0.3 is 0 Å². The fourth-order valence-corrected chi connectivity index (χ4v) is 2.17. The molecule has 0 radical (unpaired) electrons. The van der Waals surface area contributed by atoms with Crippen LogP contribution in [0.1, 0.15) is 17.3 Å². The number of ether oxygens (including phenoxy) is 1. The van der Waals surface area contributed by atoms with Crippen LogP contribution in [0.4, 0.5) is 0 Å². The lowest BCUT2D eigenvalue weighted by molar-refractivity contribution is 0.384. The largest absolute Gasteiger partial charge is 0.480 e. The first-order valence-corrected chi connectivity index (χ1v) is 6.61. The zero-order chi connectivity index (χ0) is 13.0. The first kappa shape index (κ1) is 13.2. The lowest BCUT2D eigenvalue weighted by Crippen LogP contribution is -2.20. The Bertz CT molecular complexity index is 516. The van der Waals surface area contributed by atoms with Crippen LogP contribution in [-0.4, -0.2) is 24.1 Å². The van der Waals surface area contributed by atoms with Crippen molar-refractivity contribution in [3.8, 4) is 5.88 Å². The van der Waals surface area contributed by atoms with Gasteiger partial charge in [0, 0.05) is 16.0 Å². The summed E-state index contributed by atoms with van der Waals surface area (Å²) in [7, 11) is 3.50. The van der Waals surface area contributed by atoms with Gasteiger partial charge in [-0.25, -0.2) is 4.98 Å². The molecule has 1 atom stereocenters. The first-order chi connectivity index (χ1) is 8.76. The molecule has 5 heteroatoms. The van der Waals surface area contributed by atoms with E-state index in [9.17, 15) is 0 Å². The topological polar surface area (TPSA) is 47.0 Å². The molecule has 0 amide bonds. The van der Waals surface area contributed by atoms with Crippen LogP contribution in [0.2, 0.25) is 0 Å². The van der Waals surface area contributed by atoms with Crippen molar-refractivity contribution in [1.82, 2.24) is 15.3 Å². The van der Waals surface area contributed by atoms with Gasteiger partial charge in [-0.1, -0.05) is 12.1 Å². The summed E-state index contributed by atoms with van der Waals surface area (Å²) in [5, 5.41) is 3.24. The standard InChI is InChI=1S/C13H14IN3O/c1-15-11(9-3-5-10(14)6-4-9)12-13(18-2)17-8-7-16-12/h3-8,11,15H,1-2H3. The Hall–Kier alpha value is -1.21. The van der Waals surface area contributed by atoms with Gasteiger partial charge in [0.05, 0.1) is 13.2 Å². The monoisotopic (exact) mass is 355 g/mol. The molecule has 0 saturated heterocycles. The molecule has 1 heterocycles. The summed E-state index contributed by atoms with van der Waals surface area (Å²) in [6, 6.07) is 8.28. The number of rotatable bonds is 4. The maximum absolute atomic E-state index is 5.26. The number of methoxy groups -OCH3 is 1. The second kappa shape index (κ2) is 6.10. The van der Waals surface area contributed by atoms with Gasteiger partial charge in [0.1, 0.15) is 5.69 Å². The molecule has 0 spiro atoms. The molecule has 1 unspecified atom stereocenters. The summed E-state index contributed by atoms with van der Waals surface area (Å²) in [6.07, 6.45) is 3.30. The summed E-state index contributed by atoms with van der Waals surface area (Å²) in [5.74, 6) is 0.551. The van der Waals surface area contributed by atoms with E-state index < -0.39 is 0 Å². The maximum Gasteiger partial charge on any atom is 0.237 e. The number of hydrogen-bond acceptors (Lipinski definition) is 4. The number of benzene rings is 1. The number of halogens is 1. The molecule has 1 aromatic carbocycles. The van der Waals surface area contributed by atoms with E-state index >= 15 is 0 Å². The highest BCUT2D eigenvalue weighted by Gasteiger charge is 2.18. The Morgan fingerprint density at radius 2 is 1.83 bits per heavy atom. The molecular formula is C13H14IN3O. The summed E-state index contributed by atoms with van der Waals surface area (Å²) in [6.45, 7) is 0. The third kappa shape index (κ3) is 2.78.